The molecule has 2 aromatic heterocycles. The van der Waals surface area contributed by atoms with Gasteiger partial charge in [-0.2, -0.15) is 0 Å². The maximum absolute atomic E-state index is 5.52. The summed E-state index contributed by atoms with van der Waals surface area (Å²) in [5.74, 6) is 1.28. The Morgan fingerprint density at radius 3 is 2.50 bits per heavy atom. The fourth-order valence-electron chi connectivity index (χ4n) is 1.36. The number of hydrogen-bond acceptors (Lipinski definition) is 5. The van der Waals surface area contributed by atoms with Crippen molar-refractivity contribution in [3.63, 3.8) is 0 Å². The van der Waals surface area contributed by atoms with Crippen molar-refractivity contribution in [3.8, 4) is 17.3 Å². The zero-order chi connectivity index (χ0) is 12.8. The van der Waals surface area contributed by atoms with E-state index >= 15 is 0 Å². The maximum Gasteiger partial charge on any atom is 0.178 e. The van der Waals surface area contributed by atoms with E-state index in [1.165, 1.54) is 0 Å². The molecule has 2 rings (SSSR count). The molecule has 0 aromatic carbocycles. The third-order valence-corrected chi connectivity index (χ3v) is 2.33. The molecule has 0 aliphatic rings. The van der Waals surface area contributed by atoms with Crippen molar-refractivity contribution in [1.29, 1.82) is 0 Å². The molecule has 0 fully saturated rings. The largest absolute Gasteiger partial charge is 0.489 e. The topological polar surface area (TPSA) is 51.1 Å². The van der Waals surface area contributed by atoms with E-state index in [1.807, 2.05) is 32.3 Å². The van der Waals surface area contributed by atoms with E-state index in [-0.39, 0.29) is 0 Å². The summed E-state index contributed by atoms with van der Waals surface area (Å²) in [6.45, 7) is 1.49. The number of likely N-dealkylation sites (N-methyl/N-ethyl adjacent to an activating group) is 1. The van der Waals surface area contributed by atoms with Gasteiger partial charge in [0.1, 0.15) is 12.3 Å². The highest BCUT2D eigenvalue weighted by Gasteiger charge is 2.02. The molecule has 2 heterocycles. The molecule has 5 nitrogen and oxygen atoms in total. The lowest BCUT2D eigenvalue weighted by Crippen LogP contribution is -2.19. The number of rotatable bonds is 5. The van der Waals surface area contributed by atoms with Gasteiger partial charge >= 0.3 is 0 Å². The van der Waals surface area contributed by atoms with E-state index in [9.17, 15) is 0 Å². The molecule has 5 heteroatoms. The molecule has 0 aliphatic carbocycles. The average Bonchev–Trinajstić information content (AvgIpc) is 2.40. The summed E-state index contributed by atoms with van der Waals surface area (Å²) < 4.78 is 5.52. The van der Waals surface area contributed by atoms with Gasteiger partial charge in [-0.25, -0.2) is 9.97 Å². The first-order valence-corrected chi connectivity index (χ1v) is 5.76. The molecule has 0 saturated carbocycles. The summed E-state index contributed by atoms with van der Waals surface area (Å²) in [4.78, 5) is 14.7. The molecule has 0 amide bonds. The fraction of sp³-hybridized carbons (Fsp3) is 0.308. The van der Waals surface area contributed by atoms with Gasteiger partial charge in [0.2, 0.25) is 0 Å². The van der Waals surface area contributed by atoms with Crippen molar-refractivity contribution in [3.05, 3.63) is 36.8 Å². The number of aromatic nitrogens is 3. The Bertz CT molecular complexity index is 470. The average molecular weight is 244 g/mol. The predicted octanol–water partition coefficient (Wildman–Crippen LogP) is 1.48. The van der Waals surface area contributed by atoms with E-state index in [0.29, 0.717) is 18.2 Å². The highest BCUT2D eigenvalue weighted by Crippen LogP contribution is 2.13. The molecule has 0 radical (unpaired) electrons. The molecule has 0 saturated heterocycles. The Balaban J connectivity index is 1.98. The van der Waals surface area contributed by atoms with Crippen LogP contribution in [0.3, 0.4) is 0 Å². The summed E-state index contributed by atoms with van der Waals surface area (Å²) in [6, 6.07) is 5.65. The molecule has 0 spiro atoms. The lowest BCUT2D eigenvalue weighted by Gasteiger charge is -2.10. The number of ether oxygens (including phenoxy) is 1. The van der Waals surface area contributed by atoms with Gasteiger partial charge in [-0.3, -0.25) is 4.98 Å². The number of pyridine rings is 1. The SMILES string of the molecule is CN(C)CCOc1cnc(-c2ccccn2)nc1. The number of nitrogens with zero attached hydrogens (tertiary/aromatic N) is 4. The van der Waals surface area contributed by atoms with Gasteiger partial charge in [-0.15, -0.1) is 0 Å². The van der Waals surface area contributed by atoms with Crippen LogP contribution in [0.25, 0.3) is 11.5 Å². The molecule has 18 heavy (non-hydrogen) atoms. The number of hydrogen-bond donors (Lipinski definition) is 0. The minimum atomic E-state index is 0.607. The van der Waals surface area contributed by atoms with Crippen LogP contribution in [-0.4, -0.2) is 47.1 Å². The smallest absolute Gasteiger partial charge is 0.178 e. The Labute approximate surface area is 106 Å². The molecule has 0 N–H and O–H groups in total. The Kier molecular flexibility index (Phi) is 4.20. The van der Waals surface area contributed by atoms with Crippen LogP contribution in [0.2, 0.25) is 0 Å². The van der Waals surface area contributed by atoms with Crippen LogP contribution >= 0.6 is 0 Å². The van der Waals surface area contributed by atoms with Crippen molar-refractivity contribution < 1.29 is 4.74 Å². The molecule has 94 valence electrons. The monoisotopic (exact) mass is 244 g/mol. The van der Waals surface area contributed by atoms with Crippen molar-refractivity contribution in [2.75, 3.05) is 27.2 Å². The Hall–Kier alpha value is -2.01. The van der Waals surface area contributed by atoms with Gasteiger partial charge < -0.3 is 9.64 Å². The van der Waals surface area contributed by atoms with E-state index in [1.54, 1.807) is 18.6 Å². The lowest BCUT2D eigenvalue weighted by molar-refractivity contribution is 0.260. The van der Waals surface area contributed by atoms with Gasteiger partial charge in [0, 0.05) is 12.7 Å². The minimum absolute atomic E-state index is 0.607. The summed E-state index contributed by atoms with van der Waals surface area (Å²) in [6.07, 6.45) is 5.07. The zero-order valence-corrected chi connectivity index (χ0v) is 10.6. The molecule has 0 unspecified atom stereocenters. The summed E-state index contributed by atoms with van der Waals surface area (Å²) in [5.41, 5.74) is 0.761. The van der Waals surface area contributed by atoms with Crippen LogP contribution in [0.1, 0.15) is 0 Å². The fourth-order valence-corrected chi connectivity index (χ4v) is 1.36. The van der Waals surface area contributed by atoms with E-state index in [0.717, 1.165) is 12.2 Å². The molecule has 0 atom stereocenters. The lowest BCUT2D eigenvalue weighted by atomic mass is 10.3. The summed E-state index contributed by atoms with van der Waals surface area (Å²) in [7, 11) is 4.01. The molecular weight excluding hydrogens is 228 g/mol. The van der Waals surface area contributed by atoms with Gasteiger partial charge in [-0.1, -0.05) is 6.07 Å². The van der Waals surface area contributed by atoms with E-state index < -0.39 is 0 Å². The highest BCUT2D eigenvalue weighted by molar-refractivity contribution is 5.48. The second-order valence-electron chi connectivity index (χ2n) is 4.11. The van der Waals surface area contributed by atoms with Crippen molar-refractivity contribution in [2.24, 2.45) is 0 Å². The standard InChI is InChI=1S/C13H16N4O/c1-17(2)7-8-18-11-9-15-13(16-10-11)12-5-3-4-6-14-12/h3-6,9-10H,7-8H2,1-2H3. The first-order valence-electron chi connectivity index (χ1n) is 5.76. The summed E-state index contributed by atoms with van der Waals surface area (Å²) >= 11 is 0. The summed E-state index contributed by atoms with van der Waals surface area (Å²) in [5, 5.41) is 0. The van der Waals surface area contributed by atoms with Crippen molar-refractivity contribution >= 4 is 0 Å². The van der Waals surface area contributed by atoms with Gasteiger partial charge in [0.05, 0.1) is 12.4 Å². The quantitative estimate of drug-likeness (QED) is 0.797. The third kappa shape index (κ3) is 3.49. The van der Waals surface area contributed by atoms with Gasteiger partial charge in [0.15, 0.2) is 11.6 Å². The van der Waals surface area contributed by atoms with Gasteiger partial charge in [-0.05, 0) is 26.2 Å². The maximum atomic E-state index is 5.52. The Morgan fingerprint density at radius 2 is 1.89 bits per heavy atom. The third-order valence-electron chi connectivity index (χ3n) is 2.33. The van der Waals surface area contributed by atoms with Crippen LogP contribution < -0.4 is 4.74 Å². The van der Waals surface area contributed by atoms with Crippen LogP contribution in [-0.2, 0) is 0 Å². The second kappa shape index (κ2) is 6.07. The minimum Gasteiger partial charge on any atom is -0.489 e. The Morgan fingerprint density at radius 1 is 1.11 bits per heavy atom. The van der Waals surface area contributed by atoms with Crippen LogP contribution in [0.4, 0.5) is 0 Å². The molecular formula is C13H16N4O. The second-order valence-corrected chi connectivity index (χ2v) is 4.11. The van der Waals surface area contributed by atoms with Crippen molar-refractivity contribution in [1.82, 2.24) is 19.9 Å². The van der Waals surface area contributed by atoms with Crippen LogP contribution in [0, 0.1) is 0 Å². The van der Waals surface area contributed by atoms with E-state index in [4.69, 9.17) is 4.74 Å². The van der Waals surface area contributed by atoms with E-state index in [2.05, 4.69) is 19.9 Å². The molecule has 0 bridgehead atoms. The van der Waals surface area contributed by atoms with Crippen LogP contribution in [0.15, 0.2) is 36.8 Å². The molecule has 0 aliphatic heterocycles. The van der Waals surface area contributed by atoms with Gasteiger partial charge in [0.25, 0.3) is 0 Å². The first kappa shape index (κ1) is 12.4. The predicted molar refractivity (Wildman–Crippen MR) is 69.3 cm³/mol. The zero-order valence-electron chi connectivity index (χ0n) is 10.6. The van der Waals surface area contributed by atoms with Crippen LogP contribution in [0.5, 0.6) is 5.75 Å². The van der Waals surface area contributed by atoms with Crippen molar-refractivity contribution in [2.45, 2.75) is 0 Å². The highest BCUT2D eigenvalue weighted by atomic mass is 16.5. The first-order chi connectivity index (χ1) is 8.75. The normalized spacial score (nSPS) is 10.6. The molecule has 2 aromatic rings.